The number of thioether (sulfide) groups is 1. The number of rotatable bonds is 7. The minimum absolute atomic E-state index is 0.140. The molecule has 2 amide bonds. The molecule has 1 heterocycles. The van der Waals surface area contributed by atoms with Crippen LogP contribution < -0.4 is 11.1 Å². The maximum Gasteiger partial charge on any atom is 0.326 e. The van der Waals surface area contributed by atoms with Gasteiger partial charge >= 0.3 is 5.97 Å². The quantitative estimate of drug-likeness (QED) is 0.571. The standard InChI is InChI=1S/C12H21N3O4S/c1-20-6-4-8(12(18)19)14-11(17)9-3-2-5-15(9)10(16)7-13/h8-9H,2-7,13H2,1H3,(H,14,17)(H,18,19)/t8-,9-/m0/s1. The normalized spacial score (nSPS) is 19.7. The van der Waals surface area contributed by atoms with Crippen LogP contribution in [0.15, 0.2) is 0 Å². The van der Waals surface area contributed by atoms with Gasteiger partial charge in [0.05, 0.1) is 6.54 Å². The van der Waals surface area contributed by atoms with E-state index in [1.54, 1.807) is 0 Å². The van der Waals surface area contributed by atoms with Gasteiger partial charge in [-0.3, -0.25) is 9.59 Å². The first-order valence-corrected chi connectivity index (χ1v) is 7.92. The van der Waals surface area contributed by atoms with Crippen LogP contribution in [0.2, 0.25) is 0 Å². The highest BCUT2D eigenvalue weighted by molar-refractivity contribution is 7.98. The van der Waals surface area contributed by atoms with Crippen LogP contribution in [0.1, 0.15) is 19.3 Å². The first-order chi connectivity index (χ1) is 9.51. The summed E-state index contributed by atoms with van der Waals surface area (Å²) >= 11 is 1.52. The summed E-state index contributed by atoms with van der Waals surface area (Å²) in [4.78, 5) is 36.3. The van der Waals surface area contributed by atoms with Gasteiger partial charge in [-0.25, -0.2) is 4.79 Å². The van der Waals surface area contributed by atoms with Crippen molar-refractivity contribution in [3.63, 3.8) is 0 Å². The maximum atomic E-state index is 12.1. The van der Waals surface area contributed by atoms with Crippen molar-refractivity contribution in [3.8, 4) is 0 Å². The molecule has 20 heavy (non-hydrogen) atoms. The third kappa shape index (κ3) is 4.38. The lowest BCUT2D eigenvalue weighted by molar-refractivity contribution is -0.143. The Hall–Kier alpha value is -1.28. The van der Waals surface area contributed by atoms with Crippen LogP contribution in [0.25, 0.3) is 0 Å². The molecular weight excluding hydrogens is 282 g/mol. The summed E-state index contributed by atoms with van der Waals surface area (Å²) < 4.78 is 0. The van der Waals surface area contributed by atoms with E-state index in [1.165, 1.54) is 16.7 Å². The van der Waals surface area contributed by atoms with E-state index >= 15 is 0 Å². The number of nitrogens with one attached hydrogen (secondary N) is 1. The zero-order valence-electron chi connectivity index (χ0n) is 11.5. The Kier molecular flexibility index (Phi) is 6.80. The molecule has 2 atom stereocenters. The van der Waals surface area contributed by atoms with E-state index in [2.05, 4.69) is 5.32 Å². The fourth-order valence-electron chi connectivity index (χ4n) is 2.22. The average molecular weight is 303 g/mol. The zero-order valence-corrected chi connectivity index (χ0v) is 12.3. The number of carboxylic acid groups (broad SMARTS) is 1. The van der Waals surface area contributed by atoms with E-state index in [-0.39, 0.29) is 12.5 Å². The molecule has 1 aliphatic rings. The Morgan fingerprint density at radius 2 is 2.20 bits per heavy atom. The van der Waals surface area contributed by atoms with Gasteiger partial charge in [-0.2, -0.15) is 11.8 Å². The molecule has 0 saturated carbocycles. The topological polar surface area (TPSA) is 113 Å². The van der Waals surface area contributed by atoms with Crippen molar-refractivity contribution in [2.24, 2.45) is 5.73 Å². The van der Waals surface area contributed by atoms with Crippen LogP contribution in [0.5, 0.6) is 0 Å². The van der Waals surface area contributed by atoms with Crippen molar-refractivity contribution >= 4 is 29.5 Å². The number of nitrogens with two attached hydrogens (primary N) is 1. The molecule has 0 unspecified atom stereocenters. The Morgan fingerprint density at radius 1 is 1.50 bits per heavy atom. The largest absolute Gasteiger partial charge is 0.480 e. The second-order valence-electron chi connectivity index (χ2n) is 4.63. The van der Waals surface area contributed by atoms with Gasteiger partial charge in [-0.15, -0.1) is 0 Å². The van der Waals surface area contributed by atoms with Crippen LogP contribution in [0.3, 0.4) is 0 Å². The monoisotopic (exact) mass is 303 g/mol. The summed E-state index contributed by atoms with van der Waals surface area (Å²) in [5.41, 5.74) is 5.31. The molecule has 7 nitrogen and oxygen atoms in total. The van der Waals surface area contributed by atoms with Crippen LogP contribution in [0, 0.1) is 0 Å². The van der Waals surface area contributed by atoms with Gasteiger partial charge in [-0.05, 0) is 31.3 Å². The molecule has 0 bridgehead atoms. The van der Waals surface area contributed by atoms with Crippen LogP contribution in [0.4, 0.5) is 0 Å². The number of aliphatic carboxylic acids is 1. The molecule has 0 aliphatic carbocycles. The van der Waals surface area contributed by atoms with Gasteiger partial charge in [0.15, 0.2) is 0 Å². The SMILES string of the molecule is CSCC[C@H](NC(=O)[C@@H]1CCCN1C(=O)CN)C(=O)O. The molecule has 1 saturated heterocycles. The number of nitrogens with zero attached hydrogens (tertiary/aromatic N) is 1. The number of carbonyl (C=O) groups excluding carboxylic acids is 2. The third-order valence-electron chi connectivity index (χ3n) is 3.28. The van der Waals surface area contributed by atoms with Crippen molar-refractivity contribution in [1.29, 1.82) is 0 Å². The van der Waals surface area contributed by atoms with Crippen molar-refractivity contribution < 1.29 is 19.5 Å². The third-order valence-corrected chi connectivity index (χ3v) is 3.92. The molecular formula is C12H21N3O4S. The smallest absolute Gasteiger partial charge is 0.326 e. The Labute approximate surface area is 122 Å². The first kappa shape index (κ1) is 16.8. The van der Waals surface area contributed by atoms with Crippen molar-refractivity contribution in [2.75, 3.05) is 25.1 Å². The molecule has 0 spiro atoms. The highest BCUT2D eigenvalue weighted by atomic mass is 32.2. The lowest BCUT2D eigenvalue weighted by Gasteiger charge is -2.25. The van der Waals surface area contributed by atoms with Crippen molar-refractivity contribution in [3.05, 3.63) is 0 Å². The summed E-state index contributed by atoms with van der Waals surface area (Å²) in [6.07, 6.45) is 3.51. The highest BCUT2D eigenvalue weighted by Gasteiger charge is 2.35. The Bertz CT molecular complexity index is 378. The fourth-order valence-corrected chi connectivity index (χ4v) is 2.69. The van der Waals surface area contributed by atoms with Crippen LogP contribution in [-0.2, 0) is 14.4 Å². The summed E-state index contributed by atoms with van der Waals surface area (Å²) in [7, 11) is 0. The molecule has 0 aromatic carbocycles. The van der Waals surface area contributed by atoms with E-state index in [1.807, 2.05) is 6.26 Å². The van der Waals surface area contributed by atoms with Gasteiger partial charge in [0.1, 0.15) is 12.1 Å². The molecule has 1 rings (SSSR count). The molecule has 0 aromatic rings. The number of likely N-dealkylation sites (tertiary alicyclic amines) is 1. The summed E-state index contributed by atoms with van der Waals surface area (Å²) in [5, 5.41) is 11.6. The van der Waals surface area contributed by atoms with E-state index in [0.29, 0.717) is 25.1 Å². The summed E-state index contributed by atoms with van der Waals surface area (Å²) in [6.45, 7) is 0.356. The minimum Gasteiger partial charge on any atom is -0.480 e. The van der Waals surface area contributed by atoms with Gasteiger partial charge < -0.3 is 21.1 Å². The predicted molar refractivity (Wildman–Crippen MR) is 76.4 cm³/mol. The maximum absolute atomic E-state index is 12.1. The lowest BCUT2D eigenvalue weighted by atomic mass is 10.1. The summed E-state index contributed by atoms with van der Waals surface area (Å²) in [6, 6.07) is -1.51. The number of amides is 2. The summed E-state index contributed by atoms with van der Waals surface area (Å²) in [5.74, 6) is -1.09. The predicted octanol–water partition coefficient (Wildman–Crippen LogP) is -0.741. The van der Waals surface area contributed by atoms with E-state index < -0.39 is 24.0 Å². The van der Waals surface area contributed by atoms with Crippen molar-refractivity contribution in [2.45, 2.75) is 31.3 Å². The van der Waals surface area contributed by atoms with E-state index in [4.69, 9.17) is 10.8 Å². The molecule has 0 aromatic heterocycles. The fraction of sp³-hybridized carbons (Fsp3) is 0.750. The Morgan fingerprint density at radius 3 is 2.75 bits per heavy atom. The minimum atomic E-state index is -1.05. The van der Waals surface area contributed by atoms with Crippen LogP contribution >= 0.6 is 11.8 Å². The molecule has 1 fully saturated rings. The molecule has 8 heteroatoms. The Balaban J connectivity index is 2.63. The van der Waals surface area contributed by atoms with Crippen LogP contribution in [-0.4, -0.2) is 65.0 Å². The lowest BCUT2D eigenvalue weighted by Crippen LogP contribution is -2.52. The second kappa shape index (κ2) is 8.11. The highest BCUT2D eigenvalue weighted by Crippen LogP contribution is 2.17. The van der Waals surface area contributed by atoms with E-state index in [0.717, 1.165) is 6.42 Å². The van der Waals surface area contributed by atoms with Gasteiger partial charge in [0.2, 0.25) is 11.8 Å². The van der Waals surface area contributed by atoms with E-state index in [9.17, 15) is 14.4 Å². The van der Waals surface area contributed by atoms with Gasteiger partial charge in [-0.1, -0.05) is 0 Å². The molecule has 1 aliphatic heterocycles. The van der Waals surface area contributed by atoms with Gasteiger partial charge in [0, 0.05) is 6.54 Å². The van der Waals surface area contributed by atoms with Gasteiger partial charge in [0.25, 0.3) is 0 Å². The first-order valence-electron chi connectivity index (χ1n) is 6.53. The average Bonchev–Trinajstić information content (AvgIpc) is 2.91. The molecule has 114 valence electrons. The zero-order chi connectivity index (χ0) is 15.1. The molecule has 4 N–H and O–H groups in total. The number of hydrogen-bond donors (Lipinski definition) is 3. The number of carboxylic acids is 1. The number of carbonyl (C=O) groups is 3. The number of hydrogen-bond acceptors (Lipinski definition) is 5. The molecule has 0 radical (unpaired) electrons. The van der Waals surface area contributed by atoms with Crippen molar-refractivity contribution in [1.82, 2.24) is 10.2 Å². The second-order valence-corrected chi connectivity index (χ2v) is 5.62.